The third kappa shape index (κ3) is 4.45. The lowest BCUT2D eigenvalue weighted by molar-refractivity contribution is -0.120. The fourth-order valence-corrected chi connectivity index (χ4v) is 1.09. The van der Waals surface area contributed by atoms with Gasteiger partial charge >= 0.3 is 0 Å². The van der Waals surface area contributed by atoms with Gasteiger partial charge in [0.2, 0.25) is 5.91 Å². The number of nitrogen functional groups attached to an aromatic ring is 1. The Labute approximate surface area is 98.8 Å². The van der Waals surface area contributed by atoms with Gasteiger partial charge in [-0.3, -0.25) is 9.59 Å². The first-order chi connectivity index (χ1) is 7.99. The summed E-state index contributed by atoms with van der Waals surface area (Å²) in [4.78, 5) is 22.8. The summed E-state index contributed by atoms with van der Waals surface area (Å²) in [7, 11) is 0. The molecule has 17 heavy (non-hydrogen) atoms. The summed E-state index contributed by atoms with van der Waals surface area (Å²) in [6, 6.07) is 2.95. The molecule has 0 spiro atoms. The van der Waals surface area contributed by atoms with Gasteiger partial charge in [-0.15, -0.1) is 10.2 Å². The number of aromatic nitrogens is 2. The molecule has 1 heterocycles. The molecule has 1 rings (SSSR count). The number of hydrogen-bond acceptors (Lipinski definition) is 5. The molecule has 0 saturated heterocycles. The molecule has 1 aromatic heterocycles. The molecular formula is C10H15N5O2. The molecule has 0 saturated carbocycles. The first-order valence-electron chi connectivity index (χ1n) is 5.16. The van der Waals surface area contributed by atoms with Gasteiger partial charge in [-0.1, -0.05) is 0 Å². The molecule has 1 aromatic rings. The maximum Gasteiger partial charge on any atom is 0.272 e. The van der Waals surface area contributed by atoms with Gasteiger partial charge < -0.3 is 16.4 Å². The van der Waals surface area contributed by atoms with Crippen molar-refractivity contribution >= 4 is 17.6 Å². The first-order valence-corrected chi connectivity index (χ1v) is 5.16. The molecule has 0 aliphatic carbocycles. The van der Waals surface area contributed by atoms with Crippen LogP contribution in [-0.4, -0.2) is 34.6 Å². The summed E-state index contributed by atoms with van der Waals surface area (Å²) < 4.78 is 0. The Morgan fingerprint density at radius 1 is 1.35 bits per heavy atom. The van der Waals surface area contributed by atoms with Crippen molar-refractivity contribution < 1.29 is 9.59 Å². The predicted molar refractivity (Wildman–Crippen MR) is 62.1 cm³/mol. The smallest absolute Gasteiger partial charge is 0.272 e. The van der Waals surface area contributed by atoms with E-state index < -0.39 is 5.91 Å². The SMILES string of the molecule is CC(C)NC(=O)CNC(=O)c1ccc(N)nn1. The van der Waals surface area contributed by atoms with Crippen LogP contribution in [0.2, 0.25) is 0 Å². The number of hydrogen-bond donors (Lipinski definition) is 3. The molecule has 0 fully saturated rings. The Hall–Kier alpha value is -2.18. The van der Waals surface area contributed by atoms with E-state index in [2.05, 4.69) is 20.8 Å². The lowest BCUT2D eigenvalue weighted by Crippen LogP contribution is -2.40. The molecule has 7 heteroatoms. The van der Waals surface area contributed by atoms with Gasteiger partial charge in [-0.05, 0) is 26.0 Å². The number of carbonyl (C=O) groups is 2. The lowest BCUT2D eigenvalue weighted by Gasteiger charge is -2.08. The standard InChI is InChI=1S/C10H15N5O2/c1-6(2)13-9(16)5-12-10(17)7-3-4-8(11)15-14-7/h3-4,6H,5H2,1-2H3,(H2,11,15)(H,12,17)(H,13,16). The second-order valence-electron chi connectivity index (χ2n) is 3.75. The minimum absolute atomic E-state index is 0.0377. The van der Waals surface area contributed by atoms with E-state index in [1.54, 1.807) is 0 Å². The molecule has 7 nitrogen and oxygen atoms in total. The highest BCUT2D eigenvalue weighted by Crippen LogP contribution is 1.96. The van der Waals surface area contributed by atoms with E-state index >= 15 is 0 Å². The maximum absolute atomic E-state index is 11.5. The van der Waals surface area contributed by atoms with Crippen molar-refractivity contribution in [1.82, 2.24) is 20.8 Å². The maximum atomic E-state index is 11.5. The van der Waals surface area contributed by atoms with Crippen LogP contribution in [0.15, 0.2) is 12.1 Å². The minimum Gasteiger partial charge on any atom is -0.382 e. The van der Waals surface area contributed by atoms with Crippen LogP contribution in [0.5, 0.6) is 0 Å². The van der Waals surface area contributed by atoms with Gasteiger partial charge in [0, 0.05) is 6.04 Å². The van der Waals surface area contributed by atoms with Crippen LogP contribution in [0, 0.1) is 0 Å². The topological polar surface area (TPSA) is 110 Å². The van der Waals surface area contributed by atoms with Crippen LogP contribution >= 0.6 is 0 Å². The normalized spacial score (nSPS) is 10.1. The molecule has 4 N–H and O–H groups in total. The van der Waals surface area contributed by atoms with Gasteiger partial charge in [0.1, 0.15) is 5.82 Å². The Morgan fingerprint density at radius 3 is 2.59 bits per heavy atom. The first kappa shape index (κ1) is 12.9. The number of nitrogens with one attached hydrogen (secondary N) is 2. The van der Waals surface area contributed by atoms with Gasteiger partial charge in [0.15, 0.2) is 5.69 Å². The van der Waals surface area contributed by atoms with E-state index in [0.29, 0.717) is 0 Å². The second-order valence-corrected chi connectivity index (χ2v) is 3.75. The molecule has 0 atom stereocenters. The quantitative estimate of drug-likeness (QED) is 0.642. The molecule has 2 amide bonds. The van der Waals surface area contributed by atoms with Gasteiger partial charge in [0.25, 0.3) is 5.91 Å². The van der Waals surface area contributed by atoms with E-state index in [1.165, 1.54) is 12.1 Å². The molecule has 0 bridgehead atoms. The van der Waals surface area contributed by atoms with Crippen molar-refractivity contribution in [1.29, 1.82) is 0 Å². The van der Waals surface area contributed by atoms with Crippen LogP contribution < -0.4 is 16.4 Å². The molecular weight excluding hydrogens is 222 g/mol. The highest BCUT2D eigenvalue weighted by atomic mass is 16.2. The number of amides is 2. The number of carbonyl (C=O) groups excluding carboxylic acids is 2. The molecule has 0 unspecified atom stereocenters. The predicted octanol–water partition coefficient (Wildman–Crippen LogP) is -0.687. The van der Waals surface area contributed by atoms with Crippen LogP contribution in [0.3, 0.4) is 0 Å². The van der Waals surface area contributed by atoms with Crippen molar-refractivity contribution in [2.75, 3.05) is 12.3 Å². The Morgan fingerprint density at radius 2 is 2.06 bits per heavy atom. The lowest BCUT2D eigenvalue weighted by atomic mass is 10.3. The molecule has 92 valence electrons. The average Bonchev–Trinajstić information content (AvgIpc) is 2.26. The number of anilines is 1. The summed E-state index contributed by atoms with van der Waals surface area (Å²) in [5, 5.41) is 12.2. The fraction of sp³-hybridized carbons (Fsp3) is 0.400. The summed E-state index contributed by atoms with van der Waals surface area (Å²) in [6.07, 6.45) is 0. The minimum atomic E-state index is -0.462. The zero-order chi connectivity index (χ0) is 12.8. The number of rotatable bonds is 4. The number of nitrogens with two attached hydrogens (primary N) is 1. The van der Waals surface area contributed by atoms with Crippen LogP contribution in [0.1, 0.15) is 24.3 Å². The molecule has 0 aliphatic heterocycles. The Kier molecular flexibility index (Phi) is 4.38. The van der Waals surface area contributed by atoms with Gasteiger partial charge in [-0.25, -0.2) is 0 Å². The van der Waals surface area contributed by atoms with E-state index in [0.717, 1.165) is 0 Å². The summed E-state index contributed by atoms with van der Waals surface area (Å²) in [5.41, 5.74) is 5.46. The Bertz CT molecular complexity index is 402. The average molecular weight is 237 g/mol. The zero-order valence-electron chi connectivity index (χ0n) is 9.73. The van der Waals surface area contributed by atoms with Crippen molar-refractivity contribution in [3.8, 4) is 0 Å². The van der Waals surface area contributed by atoms with Crippen LogP contribution in [0.25, 0.3) is 0 Å². The monoisotopic (exact) mass is 237 g/mol. The van der Waals surface area contributed by atoms with Crippen LogP contribution in [-0.2, 0) is 4.79 Å². The molecule has 0 aromatic carbocycles. The molecule has 0 aliphatic rings. The highest BCUT2D eigenvalue weighted by Gasteiger charge is 2.10. The van der Waals surface area contributed by atoms with Crippen LogP contribution in [0.4, 0.5) is 5.82 Å². The van der Waals surface area contributed by atoms with Crippen molar-refractivity contribution in [3.63, 3.8) is 0 Å². The third-order valence-electron chi connectivity index (χ3n) is 1.78. The third-order valence-corrected chi connectivity index (χ3v) is 1.78. The van der Waals surface area contributed by atoms with E-state index in [1.807, 2.05) is 13.8 Å². The number of nitrogens with zero attached hydrogens (tertiary/aromatic N) is 2. The zero-order valence-corrected chi connectivity index (χ0v) is 9.73. The van der Waals surface area contributed by atoms with E-state index in [-0.39, 0.29) is 30.0 Å². The van der Waals surface area contributed by atoms with Gasteiger partial charge in [0.05, 0.1) is 6.54 Å². The summed E-state index contributed by atoms with van der Waals surface area (Å²) >= 11 is 0. The summed E-state index contributed by atoms with van der Waals surface area (Å²) in [6.45, 7) is 3.58. The fourth-order valence-electron chi connectivity index (χ4n) is 1.09. The van der Waals surface area contributed by atoms with Crippen molar-refractivity contribution in [3.05, 3.63) is 17.8 Å². The van der Waals surface area contributed by atoms with Gasteiger partial charge in [-0.2, -0.15) is 0 Å². The summed E-state index contributed by atoms with van der Waals surface area (Å²) in [5.74, 6) is -0.479. The van der Waals surface area contributed by atoms with E-state index in [9.17, 15) is 9.59 Å². The van der Waals surface area contributed by atoms with Crippen molar-refractivity contribution in [2.45, 2.75) is 19.9 Å². The molecule has 0 radical (unpaired) electrons. The highest BCUT2D eigenvalue weighted by molar-refractivity contribution is 5.94. The Balaban J connectivity index is 2.45. The second kappa shape index (κ2) is 5.78. The van der Waals surface area contributed by atoms with Crippen molar-refractivity contribution in [2.24, 2.45) is 0 Å². The largest absolute Gasteiger partial charge is 0.382 e. The van der Waals surface area contributed by atoms with E-state index in [4.69, 9.17) is 5.73 Å².